The fraction of sp³-hybridized carbons (Fsp3) is 0.286. The van der Waals surface area contributed by atoms with Gasteiger partial charge in [-0.05, 0) is 36.0 Å². The molecule has 0 atom stereocenters. The van der Waals surface area contributed by atoms with E-state index < -0.39 is 5.82 Å². The molecule has 1 fully saturated rings. The molecule has 3 aromatic rings. The standard InChI is InChI=1S/C28H26FNO3/c29-25-17-26-22(15-23(31)18-33-26)16-24(25)28(32)30-13-11-21(12-14-30)27(19-7-3-1-4-8-19)20-9-5-2-6-10-20/h1-10,16-17,21,27H,11-15,18H2. The summed E-state index contributed by atoms with van der Waals surface area (Å²) < 4.78 is 20.0. The Labute approximate surface area is 193 Å². The van der Waals surface area contributed by atoms with Crippen LogP contribution in [0.2, 0.25) is 0 Å². The summed E-state index contributed by atoms with van der Waals surface area (Å²) >= 11 is 0. The van der Waals surface area contributed by atoms with Crippen LogP contribution in [0.3, 0.4) is 0 Å². The molecular formula is C28H26FNO3. The molecule has 3 aromatic carbocycles. The van der Waals surface area contributed by atoms with Crippen molar-refractivity contribution in [1.82, 2.24) is 4.90 Å². The molecule has 5 rings (SSSR count). The van der Waals surface area contributed by atoms with Crippen LogP contribution in [0.25, 0.3) is 0 Å². The zero-order chi connectivity index (χ0) is 22.8. The number of rotatable bonds is 4. The van der Waals surface area contributed by atoms with Gasteiger partial charge in [-0.15, -0.1) is 0 Å². The van der Waals surface area contributed by atoms with Gasteiger partial charge in [-0.2, -0.15) is 0 Å². The predicted molar refractivity (Wildman–Crippen MR) is 124 cm³/mol. The lowest BCUT2D eigenvalue weighted by molar-refractivity contribution is -0.121. The van der Waals surface area contributed by atoms with Crippen LogP contribution in [0.15, 0.2) is 72.8 Å². The number of Topliss-reactive ketones (excluding diaryl/α,β-unsaturated/α-hetero) is 1. The van der Waals surface area contributed by atoms with Gasteiger partial charge in [0.25, 0.3) is 5.91 Å². The summed E-state index contributed by atoms with van der Waals surface area (Å²) in [4.78, 5) is 26.6. The second-order valence-electron chi connectivity index (χ2n) is 8.87. The highest BCUT2D eigenvalue weighted by Gasteiger charge is 2.32. The quantitative estimate of drug-likeness (QED) is 0.569. The first-order chi connectivity index (χ1) is 16.1. The molecule has 0 radical (unpaired) electrons. The summed E-state index contributed by atoms with van der Waals surface area (Å²) in [7, 11) is 0. The molecule has 0 aromatic heterocycles. The molecule has 5 heteroatoms. The second-order valence-corrected chi connectivity index (χ2v) is 8.87. The molecule has 1 amide bonds. The van der Waals surface area contributed by atoms with Crippen LogP contribution >= 0.6 is 0 Å². The number of ether oxygens (including phenoxy) is 1. The van der Waals surface area contributed by atoms with Crippen molar-refractivity contribution >= 4 is 11.7 Å². The van der Waals surface area contributed by atoms with Crippen molar-refractivity contribution in [2.75, 3.05) is 19.7 Å². The molecule has 2 heterocycles. The summed E-state index contributed by atoms with van der Waals surface area (Å²) in [5.74, 6) is 0.0214. The maximum atomic E-state index is 14.7. The molecule has 4 nitrogen and oxygen atoms in total. The third kappa shape index (κ3) is 4.40. The van der Waals surface area contributed by atoms with Gasteiger partial charge >= 0.3 is 0 Å². The summed E-state index contributed by atoms with van der Waals surface area (Å²) in [6, 6.07) is 23.7. The van der Waals surface area contributed by atoms with E-state index in [1.807, 2.05) is 12.1 Å². The zero-order valence-electron chi connectivity index (χ0n) is 18.4. The number of hydrogen-bond acceptors (Lipinski definition) is 3. The second kappa shape index (κ2) is 9.18. The van der Waals surface area contributed by atoms with Gasteiger partial charge in [-0.3, -0.25) is 9.59 Å². The molecule has 1 saturated heterocycles. The average Bonchev–Trinajstić information content (AvgIpc) is 2.85. The van der Waals surface area contributed by atoms with Crippen LogP contribution in [0, 0.1) is 11.7 Å². The normalized spacial score (nSPS) is 16.4. The highest BCUT2D eigenvalue weighted by Crippen LogP contribution is 2.38. The molecule has 2 aliphatic rings. The first-order valence-corrected chi connectivity index (χ1v) is 11.5. The summed E-state index contributed by atoms with van der Waals surface area (Å²) in [6.45, 7) is 1.11. The van der Waals surface area contributed by atoms with Crippen LogP contribution in [0.5, 0.6) is 5.75 Å². The smallest absolute Gasteiger partial charge is 0.256 e. The summed E-state index contributed by atoms with van der Waals surface area (Å²) in [5.41, 5.74) is 3.16. The third-order valence-electron chi connectivity index (χ3n) is 6.77. The number of halogens is 1. The van der Waals surface area contributed by atoms with E-state index in [4.69, 9.17) is 4.74 Å². The lowest BCUT2D eigenvalue weighted by Crippen LogP contribution is -2.40. The van der Waals surface area contributed by atoms with Gasteiger partial charge in [0.1, 0.15) is 18.2 Å². The number of nitrogens with zero attached hydrogens (tertiary/aromatic N) is 1. The molecule has 2 aliphatic heterocycles. The van der Waals surface area contributed by atoms with Crippen LogP contribution in [-0.4, -0.2) is 36.3 Å². The van der Waals surface area contributed by atoms with Crippen molar-refractivity contribution < 1.29 is 18.7 Å². The van der Waals surface area contributed by atoms with Crippen molar-refractivity contribution in [3.63, 3.8) is 0 Å². The van der Waals surface area contributed by atoms with E-state index in [9.17, 15) is 14.0 Å². The number of ketones is 1. The van der Waals surface area contributed by atoms with E-state index in [0.29, 0.717) is 30.3 Å². The van der Waals surface area contributed by atoms with Crippen LogP contribution in [0.1, 0.15) is 45.8 Å². The number of piperidine rings is 1. The minimum atomic E-state index is -0.596. The van der Waals surface area contributed by atoms with Crippen molar-refractivity contribution in [3.8, 4) is 5.75 Å². The monoisotopic (exact) mass is 443 g/mol. The number of carbonyl (C=O) groups is 2. The molecule has 0 saturated carbocycles. The maximum absolute atomic E-state index is 14.7. The molecule has 168 valence electrons. The van der Waals surface area contributed by atoms with E-state index in [2.05, 4.69) is 48.5 Å². The Morgan fingerprint density at radius 2 is 1.55 bits per heavy atom. The van der Waals surface area contributed by atoms with Gasteiger partial charge in [0.15, 0.2) is 5.78 Å². The largest absolute Gasteiger partial charge is 0.485 e. The minimum absolute atomic E-state index is 0.0215. The third-order valence-corrected chi connectivity index (χ3v) is 6.77. The van der Waals surface area contributed by atoms with E-state index in [1.165, 1.54) is 23.3 Å². The van der Waals surface area contributed by atoms with Crippen molar-refractivity contribution in [2.45, 2.75) is 25.2 Å². The lowest BCUT2D eigenvalue weighted by atomic mass is 9.76. The predicted octanol–water partition coefficient (Wildman–Crippen LogP) is 5.01. The Bertz CT molecular complexity index is 1120. The van der Waals surface area contributed by atoms with Gasteiger partial charge in [0.2, 0.25) is 0 Å². The molecule has 0 spiro atoms. The molecule has 0 unspecified atom stereocenters. The number of likely N-dealkylation sites (tertiary alicyclic amines) is 1. The molecule has 0 aliphatic carbocycles. The number of hydrogen-bond donors (Lipinski definition) is 0. The first-order valence-electron chi connectivity index (χ1n) is 11.5. The molecular weight excluding hydrogens is 417 g/mol. The van der Waals surface area contributed by atoms with Gasteiger partial charge in [0, 0.05) is 37.1 Å². The van der Waals surface area contributed by atoms with E-state index >= 15 is 0 Å². The Morgan fingerprint density at radius 3 is 2.15 bits per heavy atom. The Morgan fingerprint density at radius 1 is 0.939 bits per heavy atom. The van der Waals surface area contributed by atoms with Crippen LogP contribution in [-0.2, 0) is 11.2 Å². The number of benzene rings is 3. The van der Waals surface area contributed by atoms with Crippen LogP contribution < -0.4 is 4.74 Å². The molecule has 33 heavy (non-hydrogen) atoms. The Balaban J connectivity index is 1.34. The topological polar surface area (TPSA) is 46.6 Å². The summed E-state index contributed by atoms with van der Waals surface area (Å²) in [6.07, 6.45) is 1.86. The molecule has 0 N–H and O–H groups in total. The van der Waals surface area contributed by atoms with Crippen LogP contribution in [0.4, 0.5) is 4.39 Å². The van der Waals surface area contributed by atoms with E-state index in [-0.39, 0.29) is 36.2 Å². The van der Waals surface area contributed by atoms with Crippen molar-refractivity contribution in [3.05, 3.63) is 101 Å². The maximum Gasteiger partial charge on any atom is 0.256 e. The highest BCUT2D eigenvalue weighted by molar-refractivity contribution is 5.95. The number of carbonyl (C=O) groups excluding carboxylic acids is 2. The fourth-order valence-corrected chi connectivity index (χ4v) is 5.12. The van der Waals surface area contributed by atoms with E-state index in [1.54, 1.807) is 4.90 Å². The van der Waals surface area contributed by atoms with Gasteiger partial charge in [0.05, 0.1) is 5.56 Å². The van der Waals surface area contributed by atoms with Crippen molar-refractivity contribution in [2.24, 2.45) is 5.92 Å². The van der Waals surface area contributed by atoms with Gasteiger partial charge in [-0.25, -0.2) is 4.39 Å². The lowest BCUT2D eigenvalue weighted by Gasteiger charge is -2.37. The van der Waals surface area contributed by atoms with E-state index in [0.717, 1.165) is 12.8 Å². The summed E-state index contributed by atoms with van der Waals surface area (Å²) in [5, 5.41) is 0. The minimum Gasteiger partial charge on any atom is -0.485 e. The SMILES string of the molecule is O=C1COc2cc(F)c(C(=O)N3CCC(C(c4ccccc4)c4ccccc4)CC3)cc2C1. The number of fused-ring (bicyclic) bond motifs is 1. The Kier molecular flexibility index (Phi) is 5.95. The highest BCUT2D eigenvalue weighted by atomic mass is 19.1. The number of amides is 1. The van der Waals surface area contributed by atoms with Gasteiger partial charge in [-0.1, -0.05) is 60.7 Å². The average molecular weight is 444 g/mol. The first kappa shape index (κ1) is 21.4. The fourth-order valence-electron chi connectivity index (χ4n) is 5.12. The van der Waals surface area contributed by atoms with Crippen molar-refractivity contribution in [1.29, 1.82) is 0 Å². The Hall–Kier alpha value is -3.47. The zero-order valence-corrected chi connectivity index (χ0v) is 18.4. The van der Waals surface area contributed by atoms with Gasteiger partial charge < -0.3 is 9.64 Å². The molecule has 0 bridgehead atoms.